The molecule has 3 N–H and O–H groups in total. The van der Waals surface area contributed by atoms with Crippen LogP contribution in [0.15, 0.2) is 121 Å². The summed E-state index contributed by atoms with van der Waals surface area (Å²) in [4.78, 5) is 56.2. The molecule has 286 valence electrons. The molecule has 0 saturated heterocycles. The summed E-state index contributed by atoms with van der Waals surface area (Å²) in [6.45, 7) is 2.02. The van der Waals surface area contributed by atoms with Gasteiger partial charge in [0.05, 0.1) is 39.5 Å². The SMILES string of the molecule is Cc1ccc(-c2c3nc(c(-c4ccc(C(=O)O)cc4)c4ccc([n-]4)c(-c4ccc(C(=O)O)cc4)c4nc(c(-c5ccc(C(=O)O)cc5)c5ccc2[n-]5)C=C4)C=C3)cc1.[Fe+2]. The Labute approximate surface area is 347 Å². The molecule has 0 amide bonds. The predicted octanol–water partition coefficient (Wildman–Crippen LogP) is 9.98. The van der Waals surface area contributed by atoms with E-state index in [0.717, 1.165) is 16.7 Å². The Kier molecular flexibility index (Phi) is 9.99. The minimum atomic E-state index is -1.05. The smallest absolute Gasteiger partial charge is 0.657 e. The topological polar surface area (TPSA) is 166 Å². The number of rotatable bonds is 7. The van der Waals surface area contributed by atoms with Crippen LogP contribution in [0.4, 0.5) is 0 Å². The Morgan fingerprint density at radius 3 is 0.864 bits per heavy atom. The average molecular weight is 815 g/mol. The second kappa shape index (κ2) is 15.4. The summed E-state index contributed by atoms with van der Waals surface area (Å²) in [6.07, 6.45) is 7.62. The number of nitrogens with zero attached hydrogens (tertiary/aromatic N) is 4. The van der Waals surface area contributed by atoms with Gasteiger partial charge in [0.15, 0.2) is 0 Å². The third-order valence-corrected chi connectivity index (χ3v) is 10.2. The fourth-order valence-corrected chi connectivity index (χ4v) is 7.33. The van der Waals surface area contributed by atoms with Gasteiger partial charge in [0.1, 0.15) is 0 Å². The molecule has 0 atom stereocenters. The van der Waals surface area contributed by atoms with Crippen LogP contribution in [-0.2, 0) is 17.1 Å². The minimum Gasteiger partial charge on any atom is -0.657 e. The number of benzene rings is 4. The van der Waals surface area contributed by atoms with Crippen LogP contribution in [0.5, 0.6) is 0 Å². The molecule has 0 unspecified atom stereocenters. The van der Waals surface area contributed by atoms with E-state index in [1.165, 1.54) is 12.1 Å². The van der Waals surface area contributed by atoms with Crippen molar-refractivity contribution in [3.8, 4) is 44.5 Å². The Bertz CT molecular complexity index is 3010. The van der Waals surface area contributed by atoms with Crippen molar-refractivity contribution in [2.24, 2.45) is 0 Å². The molecule has 11 heteroatoms. The molecule has 8 bridgehead atoms. The molecule has 59 heavy (non-hydrogen) atoms. The van der Waals surface area contributed by atoms with Crippen LogP contribution in [-0.4, -0.2) is 43.2 Å². The molecule has 2 aliphatic rings. The van der Waals surface area contributed by atoms with Crippen LogP contribution in [0.3, 0.4) is 0 Å². The maximum absolute atomic E-state index is 11.8. The van der Waals surface area contributed by atoms with Gasteiger partial charge < -0.3 is 25.3 Å². The van der Waals surface area contributed by atoms with Crippen LogP contribution >= 0.6 is 0 Å². The van der Waals surface area contributed by atoms with E-state index in [1.807, 2.05) is 79.8 Å². The van der Waals surface area contributed by atoms with Crippen molar-refractivity contribution in [1.82, 2.24) is 19.9 Å². The van der Waals surface area contributed by atoms with E-state index in [9.17, 15) is 29.7 Å². The third kappa shape index (κ3) is 7.16. The van der Waals surface area contributed by atoms with Crippen LogP contribution in [0.25, 0.3) is 90.9 Å². The zero-order valence-electron chi connectivity index (χ0n) is 31.1. The van der Waals surface area contributed by atoms with Gasteiger partial charge in [-0.05, 0) is 112 Å². The molecule has 5 heterocycles. The Morgan fingerprint density at radius 1 is 0.390 bits per heavy atom. The van der Waals surface area contributed by atoms with Crippen molar-refractivity contribution in [3.63, 3.8) is 0 Å². The quantitative estimate of drug-likeness (QED) is 0.132. The number of hydrogen-bond acceptors (Lipinski definition) is 5. The van der Waals surface area contributed by atoms with E-state index < -0.39 is 17.9 Å². The van der Waals surface area contributed by atoms with E-state index >= 15 is 0 Å². The van der Waals surface area contributed by atoms with Crippen LogP contribution in [0.1, 0.15) is 59.4 Å². The summed E-state index contributed by atoms with van der Waals surface area (Å²) >= 11 is 0. The summed E-state index contributed by atoms with van der Waals surface area (Å²) < 4.78 is 0. The Hall–Kier alpha value is -7.59. The van der Waals surface area contributed by atoms with Crippen LogP contribution in [0.2, 0.25) is 0 Å². The number of carboxylic acids is 3. The number of aromatic nitrogens is 4. The van der Waals surface area contributed by atoms with Crippen molar-refractivity contribution < 1.29 is 46.8 Å². The monoisotopic (exact) mass is 814 g/mol. The standard InChI is InChI=1S/C48H32N4O6.Fe/c1-26-2-4-27(5-3-26)42-34-18-20-36(49-34)43(28-6-12-31(13-7-28)46(53)54)38-22-24-40(51-38)45(30-10-16-33(17-11-30)48(57)58)41-25-23-39(52-41)44(37-21-19-35(42)50-37)29-8-14-32(15-9-29)47(55)56;/h2-25H,1H3,(H5,49,50,51,52,53,54,55,56,57,58);/q;+2/p-2. The molecular formula is C48H30FeN4O6. The molecule has 7 aromatic rings. The molecule has 0 spiro atoms. The second-order valence-corrected chi connectivity index (χ2v) is 13.9. The molecule has 0 radical (unpaired) electrons. The van der Waals surface area contributed by atoms with Crippen molar-refractivity contribution in [1.29, 1.82) is 0 Å². The minimum absolute atomic E-state index is 0. The predicted molar refractivity (Wildman–Crippen MR) is 224 cm³/mol. The molecule has 9 rings (SSSR count). The molecule has 3 aromatic heterocycles. The van der Waals surface area contributed by atoms with Gasteiger partial charge in [0, 0.05) is 0 Å². The van der Waals surface area contributed by atoms with E-state index in [4.69, 9.17) is 19.9 Å². The van der Waals surface area contributed by atoms with Crippen molar-refractivity contribution in [3.05, 3.63) is 166 Å². The van der Waals surface area contributed by atoms with Gasteiger partial charge >= 0.3 is 35.0 Å². The van der Waals surface area contributed by atoms with E-state index in [1.54, 1.807) is 60.7 Å². The number of aromatic carboxylic acids is 3. The second-order valence-electron chi connectivity index (χ2n) is 13.9. The molecular weight excluding hydrogens is 784 g/mol. The molecule has 10 nitrogen and oxygen atoms in total. The maximum atomic E-state index is 11.8. The van der Waals surface area contributed by atoms with E-state index in [-0.39, 0.29) is 33.8 Å². The van der Waals surface area contributed by atoms with Crippen molar-refractivity contribution in [2.45, 2.75) is 6.92 Å². The summed E-state index contributed by atoms with van der Waals surface area (Å²) in [7, 11) is 0. The summed E-state index contributed by atoms with van der Waals surface area (Å²) in [5, 5.41) is 29.0. The first-order valence-electron chi connectivity index (χ1n) is 18.3. The van der Waals surface area contributed by atoms with Gasteiger partial charge in [-0.3, -0.25) is 0 Å². The summed E-state index contributed by atoms with van der Waals surface area (Å²) in [5.41, 5.74) is 12.1. The molecule has 0 fully saturated rings. The van der Waals surface area contributed by atoms with Gasteiger partial charge in [-0.2, -0.15) is 0 Å². The third-order valence-electron chi connectivity index (χ3n) is 10.2. The number of fused-ring (bicyclic) bond motifs is 8. The first-order chi connectivity index (χ1) is 28.1. The molecule has 0 saturated carbocycles. The summed E-state index contributed by atoms with van der Waals surface area (Å²) in [6, 6.07) is 35.5. The fraction of sp³-hybridized carbons (Fsp3) is 0.0208. The average Bonchev–Trinajstić information content (AvgIpc) is 4.07. The van der Waals surface area contributed by atoms with Gasteiger partial charge in [-0.25, -0.2) is 24.4 Å². The molecule has 2 aliphatic heterocycles. The van der Waals surface area contributed by atoms with Crippen molar-refractivity contribution in [2.75, 3.05) is 0 Å². The first kappa shape index (κ1) is 38.3. The maximum Gasteiger partial charge on any atom is 2.00 e. The number of hydrogen-bond donors (Lipinski definition) is 3. The number of aryl methyl sites for hydroxylation is 1. The number of carbonyl (C=O) groups is 3. The van der Waals surface area contributed by atoms with Crippen LogP contribution in [0, 0.1) is 6.92 Å². The number of carboxylic acid groups (broad SMARTS) is 3. The van der Waals surface area contributed by atoms with Gasteiger partial charge in [-0.15, -0.1) is 22.1 Å². The van der Waals surface area contributed by atoms with Crippen molar-refractivity contribution >= 4 is 64.3 Å². The Balaban J connectivity index is 0.00000484. The zero-order valence-corrected chi connectivity index (χ0v) is 32.2. The first-order valence-corrected chi connectivity index (χ1v) is 18.3. The van der Waals surface area contributed by atoms with Gasteiger partial charge in [-0.1, -0.05) is 90.5 Å². The summed E-state index contributed by atoms with van der Waals surface area (Å²) in [5.74, 6) is -3.13. The fourth-order valence-electron chi connectivity index (χ4n) is 7.33. The van der Waals surface area contributed by atoms with E-state index in [2.05, 4.69) is 0 Å². The zero-order chi connectivity index (χ0) is 40.1. The van der Waals surface area contributed by atoms with Gasteiger partial charge in [0.2, 0.25) is 0 Å². The van der Waals surface area contributed by atoms with E-state index in [0.29, 0.717) is 78.2 Å². The van der Waals surface area contributed by atoms with Crippen LogP contribution < -0.4 is 9.97 Å². The Morgan fingerprint density at radius 2 is 0.627 bits per heavy atom. The normalized spacial score (nSPS) is 11.6. The molecule has 4 aromatic carbocycles. The largest absolute Gasteiger partial charge is 2.00 e. The van der Waals surface area contributed by atoms with Gasteiger partial charge in [0.25, 0.3) is 0 Å². The molecule has 0 aliphatic carbocycles.